The third-order valence-corrected chi connectivity index (χ3v) is 9.79. The van der Waals surface area contributed by atoms with E-state index in [9.17, 15) is 19.5 Å². The van der Waals surface area contributed by atoms with Gasteiger partial charge >= 0.3 is 11.9 Å². The lowest BCUT2D eigenvalue weighted by Gasteiger charge is -2.62. The highest BCUT2D eigenvalue weighted by Gasteiger charge is 2.71. The summed E-state index contributed by atoms with van der Waals surface area (Å²) < 4.78 is 11.2. The Hall–Kier alpha value is -1.69. The van der Waals surface area contributed by atoms with Crippen molar-refractivity contribution in [3.8, 4) is 0 Å². The minimum absolute atomic E-state index is 0.0415. The van der Waals surface area contributed by atoms with Crippen LogP contribution < -0.4 is 0 Å². The van der Waals surface area contributed by atoms with E-state index in [0.717, 1.165) is 18.4 Å². The molecule has 0 aromatic carbocycles. The van der Waals surface area contributed by atoms with Crippen LogP contribution in [0.4, 0.5) is 0 Å². The fraction of sp³-hybridized carbons (Fsp3) is 0.792. The van der Waals surface area contributed by atoms with Gasteiger partial charge in [-0.1, -0.05) is 19.4 Å². The molecule has 3 saturated carbocycles. The molecule has 0 aromatic rings. The van der Waals surface area contributed by atoms with Gasteiger partial charge in [0.05, 0.1) is 19.1 Å². The van der Waals surface area contributed by atoms with Crippen LogP contribution >= 0.6 is 0 Å². The maximum Gasteiger partial charge on any atom is 0.309 e. The van der Waals surface area contributed by atoms with E-state index in [1.54, 1.807) is 6.08 Å². The summed E-state index contributed by atoms with van der Waals surface area (Å²) in [7, 11) is 1.42. The van der Waals surface area contributed by atoms with Crippen molar-refractivity contribution in [2.45, 2.75) is 76.9 Å². The molecule has 2 unspecified atom stereocenters. The van der Waals surface area contributed by atoms with Crippen LogP contribution in [-0.4, -0.2) is 41.6 Å². The average molecular weight is 417 g/mol. The summed E-state index contributed by atoms with van der Waals surface area (Å²) in [6.07, 6.45) is 6.21. The van der Waals surface area contributed by atoms with E-state index in [1.165, 1.54) is 7.11 Å². The molecule has 0 amide bonds. The summed E-state index contributed by atoms with van der Waals surface area (Å²) in [4.78, 5) is 37.2. The van der Waals surface area contributed by atoms with Gasteiger partial charge in [-0.15, -0.1) is 0 Å². The number of hydrogen-bond donors (Lipinski definition) is 1. The number of hydrogen-bond acceptors (Lipinski definition) is 6. The Labute approximate surface area is 177 Å². The van der Waals surface area contributed by atoms with Crippen molar-refractivity contribution >= 4 is 17.7 Å². The van der Waals surface area contributed by atoms with Crippen molar-refractivity contribution in [2.24, 2.45) is 34.5 Å². The molecule has 0 aromatic heterocycles. The quantitative estimate of drug-likeness (QED) is 0.661. The van der Waals surface area contributed by atoms with E-state index in [0.29, 0.717) is 38.5 Å². The van der Waals surface area contributed by atoms with E-state index >= 15 is 0 Å². The van der Waals surface area contributed by atoms with Gasteiger partial charge in [0, 0.05) is 18.3 Å². The van der Waals surface area contributed by atoms with Crippen LogP contribution in [0.25, 0.3) is 0 Å². The first kappa shape index (κ1) is 20.2. The van der Waals surface area contributed by atoms with Gasteiger partial charge in [-0.25, -0.2) is 0 Å². The highest BCUT2D eigenvalue weighted by molar-refractivity contribution is 5.92. The molecule has 1 heterocycles. The molecular formula is C24H32O6. The zero-order valence-corrected chi connectivity index (χ0v) is 18.1. The van der Waals surface area contributed by atoms with Crippen LogP contribution in [0.3, 0.4) is 0 Å². The fourth-order valence-electron chi connectivity index (χ4n) is 8.35. The summed E-state index contributed by atoms with van der Waals surface area (Å²) >= 11 is 0. The van der Waals surface area contributed by atoms with Gasteiger partial charge in [-0.2, -0.15) is 0 Å². The van der Waals surface area contributed by atoms with Crippen LogP contribution in [0.2, 0.25) is 0 Å². The molecule has 8 atom stereocenters. The highest BCUT2D eigenvalue weighted by Crippen LogP contribution is 2.70. The number of methoxy groups -OCH3 is 1. The lowest BCUT2D eigenvalue weighted by atomic mass is 9.43. The maximum atomic E-state index is 12.9. The number of ketones is 1. The number of allylic oxidation sites excluding steroid dienone is 1. The largest absolute Gasteiger partial charge is 0.469 e. The van der Waals surface area contributed by atoms with E-state index in [-0.39, 0.29) is 52.2 Å². The molecule has 1 saturated heterocycles. The fourth-order valence-corrected chi connectivity index (χ4v) is 8.35. The molecule has 0 radical (unpaired) electrons. The Morgan fingerprint density at radius 2 is 1.97 bits per heavy atom. The molecule has 164 valence electrons. The van der Waals surface area contributed by atoms with Crippen LogP contribution in [0.15, 0.2) is 11.6 Å². The van der Waals surface area contributed by atoms with Gasteiger partial charge in [-0.05, 0) is 67.8 Å². The van der Waals surface area contributed by atoms with Crippen LogP contribution in [0.1, 0.15) is 65.2 Å². The number of rotatable bonds is 1. The molecule has 5 aliphatic rings. The first-order valence-corrected chi connectivity index (χ1v) is 11.4. The number of carbonyl (C=O) groups excluding carboxylic acids is 3. The number of ether oxygens (including phenoxy) is 2. The third-order valence-electron chi connectivity index (χ3n) is 9.79. The summed E-state index contributed by atoms with van der Waals surface area (Å²) in [5, 5.41) is 11.6. The minimum Gasteiger partial charge on any atom is -0.469 e. The van der Waals surface area contributed by atoms with E-state index in [2.05, 4.69) is 13.8 Å². The monoisotopic (exact) mass is 416 g/mol. The molecule has 1 spiro atoms. The van der Waals surface area contributed by atoms with Crippen LogP contribution in [0.5, 0.6) is 0 Å². The Balaban J connectivity index is 1.62. The van der Waals surface area contributed by atoms with Gasteiger partial charge in [0.25, 0.3) is 0 Å². The van der Waals surface area contributed by atoms with Gasteiger partial charge in [0.15, 0.2) is 5.78 Å². The van der Waals surface area contributed by atoms with Crippen molar-refractivity contribution in [3.05, 3.63) is 11.6 Å². The molecule has 1 N–H and O–H groups in total. The van der Waals surface area contributed by atoms with Gasteiger partial charge in [0.2, 0.25) is 0 Å². The van der Waals surface area contributed by atoms with Crippen molar-refractivity contribution in [3.63, 3.8) is 0 Å². The Morgan fingerprint density at radius 1 is 1.20 bits per heavy atom. The first-order valence-electron chi connectivity index (χ1n) is 11.4. The van der Waals surface area contributed by atoms with Crippen LogP contribution in [0, 0.1) is 34.5 Å². The summed E-state index contributed by atoms with van der Waals surface area (Å²) in [6.45, 7) is 4.33. The first-order chi connectivity index (χ1) is 14.1. The number of fused-ring (bicyclic) bond motifs is 6. The number of aliphatic hydroxyl groups excluding tert-OH is 1. The lowest BCUT2D eigenvalue weighted by Crippen LogP contribution is -2.62. The maximum absolute atomic E-state index is 12.9. The Bertz CT molecular complexity index is 847. The number of carbonyl (C=O) groups is 3. The normalized spacial score (nSPS) is 49.7. The van der Waals surface area contributed by atoms with Crippen molar-refractivity contribution < 1.29 is 29.0 Å². The van der Waals surface area contributed by atoms with Crippen molar-refractivity contribution in [2.75, 3.05) is 7.11 Å². The predicted octanol–water partition coefficient (Wildman–Crippen LogP) is 2.96. The number of esters is 2. The highest BCUT2D eigenvalue weighted by atomic mass is 16.6. The third kappa shape index (κ3) is 2.43. The predicted molar refractivity (Wildman–Crippen MR) is 107 cm³/mol. The van der Waals surface area contributed by atoms with E-state index < -0.39 is 11.7 Å². The lowest BCUT2D eigenvalue weighted by molar-refractivity contribution is -0.197. The smallest absolute Gasteiger partial charge is 0.309 e. The van der Waals surface area contributed by atoms with E-state index in [1.807, 2.05) is 0 Å². The Morgan fingerprint density at radius 3 is 2.63 bits per heavy atom. The molecule has 0 bridgehead atoms. The van der Waals surface area contributed by atoms with Gasteiger partial charge in [-0.3, -0.25) is 14.4 Å². The van der Waals surface area contributed by atoms with Crippen molar-refractivity contribution in [1.82, 2.24) is 0 Å². The molecular weight excluding hydrogens is 384 g/mol. The topological polar surface area (TPSA) is 89.9 Å². The minimum atomic E-state index is -0.611. The zero-order valence-electron chi connectivity index (χ0n) is 18.1. The number of aliphatic hydroxyl groups is 1. The molecule has 1 aliphatic heterocycles. The molecule has 5 rings (SSSR count). The second kappa shape index (κ2) is 6.41. The Kier molecular flexibility index (Phi) is 4.32. The summed E-state index contributed by atoms with van der Waals surface area (Å²) in [5.74, 6) is -0.636. The molecule has 4 aliphatic carbocycles. The van der Waals surface area contributed by atoms with Gasteiger partial charge in [0.1, 0.15) is 5.60 Å². The molecule has 6 nitrogen and oxygen atoms in total. The second-order valence-electron chi connectivity index (χ2n) is 10.8. The van der Waals surface area contributed by atoms with Gasteiger partial charge < -0.3 is 14.6 Å². The molecule has 6 heteroatoms. The summed E-state index contributed by atoms with van der Waals surface area (Å²) in [5.41, 5.74) is -0.168. The molecule has 30 heavy (non-hydrogen) atoms. The zero-order chi connectivity index (χ0) is 21.5. The van der Waals surface area contributed by atoms with Crippen molar-refractivity contribution in [1.29, 1.82) is 0 Å². The average Bonchev–Trinajstić information content (AvgIpc) is 3.21. The van der Waals surface area contributed by atoms with E-state index in [4.69, 9.17) is 9.47 Å². The molecule has 4 fully saturated rings. The second-order valence-corrected chi connectivity index (χ2v) is 10.8. The standard InChI is InChI=1S/C24H32O6/c1-22-7-4-14(25)10-13(22)11-15(21(28)29-3)19-16-5-8-24(9-6-18(27)30-24)23(16,2)12-17(26)20(19)22/h10,15-17,19-20,26H,4-9,11-12H2,1-3H3/t15?,16-,17+,19-,20?,22-,23-,24+/m0/s1. The SMILES string of the molecule is COC(=O)C1CC2=CC(=O)CC[C@]2(C)C2[C@@H]1[C@@H]1CC[C@@]3(CCC(=O)O3)[C@@]1(C)C[C@H]2O. The summed E-state index contributed by atoms with van der Waals surface area (Å²) in [6, 6.07) is 0. The van der Waals surface area contributed by atoms with Crippen LogP contribution in [-0.2, 0) is 23.9 Å².